The smallest absolute Gasteiger partial charge is 0.144 e. The lowest BCUT2D eigenvalue weighted by Gasteiger charge is -2.12. The molecule has 19 heavy (non-hydrogen) atoms. The van der Waals surface area contributed by atoms with Crippen LogP contribution in [0.15, 0.2) is 30.3 Å². The number of para-hydroxylation sites is 1. The second kappa shape index (κ2) is 6.17. The van der Waals surface area contributed by atoms with Crippen molar-refractivity contribution < 1.29 is 5.11 Å². The predicted octanol–water partition coefficient (Wildman–Crippen LogP) is 2.68. The summed E-state index contributed by atoms with van der Waals surface area (Å²) in [5.74, 6) is 0.538. The standard InChI is InChI=1S/C15H17N3O/c1-2-5-13(19)10-17-15-12(9-16)8-11-6-3-4-7-14(11)18-15/h3-4,6-8,13,19H,2,5,10H2,1H3,(H,17,18). The zero-order chi connectivity index (χ0) is 13.7. The molecule has 0 amide bonds. The van der Waals surface area contributed by atoms with Gasteiger partial charge in [-0.2, -0.15) is 5.26 Å². The van der Waals surface area contributed by atoms with E-state index in [0.717, 1.165) is 23.7 Å². The maximum absolute atomic E-state index is 9.71. The van der Waals surface area contributed by atoms with Crippen LogP contribution in [0.5, 0.6) is 0 Å². The molecular formula is C15H17N3O. The van der Waals surface area contributed by atoms with Gasteiger partial charge in [-0.3, -0.25) is 0 Å². The molecule has 0 saturated carbocycles. The fourth-order valence-electron chi connectivity index (χ4n) is 1.99. The third-order valence-corrected chi connectivity index (χ3v) is 2.97. The van der Waals surface area contributed by atoms with Crippen molar-refractivity contribution in [1.29, 1.82) is 5.26 Å². The number of nitrogens with one attached hydrogen (secondary N) is 1. The molecule has 0 fully saturated rings. The molecule has 2 N–H and O–H groups in total. The van der Waals surface area contributed by atoms with Crippen molar-refractivity contribution in [2.45, 2.75) is 25.9 Å². The quantitative estimate of drug-likeness (QED) is 0.861. The van der Waals surface area contributed by atoms with Crippen LogP contribution in [-0.2, 0) is 0 Å². The number of nitrogens with zero attached hydrogens (tertiary/aromatic N) is 2. The van der Waals surface area contributed by atoms with Gasteiger partial charge in [0.05, 0.1) is 17.2 Å². The van der Waals surface area contributed by atoms with Gasteiger partial charge < -0.3 is 10.4 Å². The van der Waals surface area contributed by atoms with Crippen LogP contribution in [0.3, 0.4) is 0 Å². The normalized spacial score (nSPS) is 12.1. The Morgan fingerprint density at radius 1 is 1.42 bits per heavy atom. The number of fused-ring (bicyclic) bond motifs is 1. The van der Waals surface area contributed by atoms with E-state index >= 15 is 0 Å². The highest BCUT2D eigenvalue weighted by atomic mass is 16.3. The molecule has 98 valence electrons. The van der Waals surface area contributed by atoms with Gasteiger partial charge in [0.2, 0.25) is 0 Å². The van der Waals surface area contributed by atoms with Crippen LogP contribution in [0.25, 0.3) is 10.9 Å². The molecule has 0 aliphatic rings. The monoisotopic (exact) mass is 255 g/mol. The maximum Gasteiger partial charge on any atom is 0.144 e. The molecular weight excluding hydrogens is 238 g/mol. The van der Waals surface area contributed by atoms with Gasteiger partial charge in [-0.25, -0.2) is 4.98 Å². The van der Waals surface area contributed by atoms with E-state index in [1.165, 1.54) is 0 Å². The second-order valence-electron chi connectivity index (χ2n) is 4.51. The minimum Gasteiger partial charge on any atom is -0.391 e. The van der Waals surface area contributed by atoms with Crippen molar-refractivity contribution in [2.24, 2.45) is 0 Å². The summed E-state index contributed by atoms with van der Waals surface area (Å²) in [6, 6.07) is 11.6. The number of hydrogen-bond acceptors (Lipinski definition) is 4. The molecule has 0 saturated heterocycles. The highest BCUT2D eigenvalue weighted by molar-refractivity contribution is 5.82. The van der Waals surface area contributed by atoms with Crippen LogP contribution in [0.1, 0.15) is 25.3 Å². The Morgan fingerprint density at radius 2 is 2.21 bits per heavy atom. The minimum atomic E-state index is -0.412. The fraction of sp³-hybridized carbons (Fsp3) is 0.333. The van der Waals surface area contributed by atoms with Gasteiger partial charge in [0.25, 0.3) is 0 Å². The molecule has 1 atom stereocenters. The Kier molecular flexibility index (Phi) is 4.32. The Balaban J connectivity index is 2.24. The molecule has 2 rings (SSSR count). The first-order chi connectivity index (χ1) is 9.24. The molecule has 1 unspecified atom stereocenters. The first-order valence-corrected chi connectivity index (χ1v) is 6.46. The van der Waals surface area contributed by atoms with Crippen LogP contribution in [0.4, 0.5) is 5.82 Å². The zero-order valence-corrected chi connectivity index (χ0v) is 10.9. The molecule has 0 spiro atoms. The molecule has 4 heteroatoms. The molecule has 0 aliphatic carbocycles. The van der Waals surface area contributed by atoms with Gasteiger partial charge in [0, 0.05) is 11.9 Å². The van der Waals surface area contributed by atoms with Crippen LogP contribution in [-0.4, -0.2) is 22.7 Å². The van der Waals surface area contributed by atoms with Crippen molar-refractivity contribution >= 4 is 16.7 Å². The number of aromatic nitrogens is 1. The van der Waals surface area contributed by atoms with Gasteiger partial charge in [-0.1, -0.05) is 31.5 Å². The van der Waals surface area contributed by atoms with E-state index in [0.29, 0.717) is 17.9 Å². The number of pyridine rings is 1. The zero-order valence-electron chi connectivity index (χ0n) is 10.9. The van der Waals surface area contributed by atoms with Crippen molar-refractivity contribution in [1.82, 2.24) is 4.98 Å². The van der Waals surface area contributed by atoms with Crippen molar-refractivity contribution in [3.63, 3.8) is 0 Å². The van der Waals surface area contributed by atoms with E-state index in [4.69, 9.17) is 5.26 Å². The SMILES string of the molecule is CCCC(O)CNc1nc2ccccc2cc1C#N. The summed E-state index contributed by atoms with van der Waals surface area (Å²) in [6.07, 6.45) is 1.26. The summed E-state index contributed by atoms with van der Waals surface area (Å²) >= 11 is 0. The highest BCUT2D eigenvalue weighted by Crippen LogP contribution is 2.19. The van der Waals surface area contributed by atoms with Gasteiger partial charge in [0.1, 0.15) is 11.9 Å². The number of aliphatic hydroxyl groups is 1. The van der Waals surface area contributed by atoms with Crippen molar-refractivity contribution in [3.8, 4) is 6.07 Å². The number of nitriles is 1. The van der Waals surface area contributed by atoms with E-state index < -0.39 is 6.10 Å². The number of rotatable bonds is 5. The predicted molar refractivity (Wildman–Crippen MR) is 75.9 cm³/mol. The fourth-order valence-corrected chi connectivity index (χ4v) is 1.99. The summed E-state index contributed by atoms with van der Waals surface area (Å²) in [7, 11) is 0. The Bertz CT molecular complexity index is 604. The lowest BCUT2D eigenvalue weighted by molar-refractivity contribution is 0.176. The summed E-state index contributed by atoms with van der Waals surface area (Å²) in [5.41, 5.74) is 1.34. The Morgan fingerprint density at radius 3 is 2.95 bits per heavy atom. The summed E-state index contributed by atoms with van der Waals surface area (Å²) in [6.45, 7) is 2.44. The minimum absolute atomic E-state index is 0.411. The average Bonchev–Trinajstić information content (AvgIpc) is 2.44. The van der Waals surface area contributed by atoms with Crippen LogP contribution >= 0.6 is 0 Å². The summed E-state index contributed by atoms with van der Waals surface area (Å²) < 4.78 is 0. The Hall–Kier alpha value is -2.12. The third kappa shape index (κ3) is 3.21. The van der Waals surface area contributed by atoms with Gasteiger partial charge >= 0.3 is 0 Å². The summed E-state index contributed by atoms with van der Waals surface area (Å²) in [4.78, 5) is 4.43. The number of anilines is 1. The average molecular weight is 255 g/mol. The topological polar surface area (TPSA) is 68.9 Å². The highest BCUT2D eigenvalue weighted by Gasteiger charge is 2.08. The van der Waals surface area contributed by atoms with Crippen LogP contribution < -0.4 is 5.32 Å². The second-order valence-corrected chi connectivity index (χ2v) is 4.51. The number of aliphatic hydroxyl groups excluding tert-OH is 1. The van der Waals surface area contributed by atoms with Gasteiger partial charge in [-0.15, -0.1) is 0 Å². The van der Waals surface area contributed by atoms with Crippen molar-refractivity contribution in [2.75, 3.05) is 11.9 Å². The first-order valence-electron chi connectivity index (χ1n) is 6.46. The lowest BCUT2D eigenvalue weighted by atomic mass is 10.1. The van der Waals surface area contributed by atoms with E-state index in [1.807, 2.05) is 37.3 Å². The molecule has 1 heterocycles. The Labute approximate surface area is 112 Å². The van der Waals surface area contributed by atoms with E-state index in [2.05, 4.69) is 16.4 Å². The molecule has 4 nitrogen and oxygen atoms in total. The number of benzene rings is 1. The molecule has 2 aromatic rings. The van der Waals surface area contributed by atoms with Gasteiger partial charge in [-0.05, 0) is 18.6 Å². The molecule has 1 aromatic carbocycles. The van der Waals surface area contributed by atoms with E-state index in [-0.39, 0.29) is 0 Å². The summed E-state index contributed by atoms with van der Waals surface area (Å²) in [5, 5.41) is 22.9. The molecule has 0 aliphatic heterocycles. The molecule has 0 radical (unpaired) electrons. The third-order valence-electron chi connectivity index (χ3n) is 2.97. The lowest BCUT2D eigenvalue weighted by Crippen LogP contribution is -2.20. The molecule has 1 aromatic heterocycles. The largest absolute Gasteiger partial charge is 0.391 e. The van der Waals surface area contributed by atoms with Crippen LogP contribution in [0.2, 0.25) is 0 Å². The number of hydrogen-bond donors (Lipinski definition) is 2. The maximum atomic E-state index is 9.71. The molecule has 0 bridgehead atoms. The van der Waals surface area contributed by atoms with E-state index in [1.54, 1.807) is 0 Å². The van der Waals surface area contributed by atoms with Crippen LogP contribution in [0, 0.1) is 11.3 Å². The van der Waals surface area contributed by atoms with Gasteiger partial charge in [0.15, 0.2) is 0 Å². The van der Waals surface area contributed by atoms with E-state index in [9.17, 15) is 5.11 Å². The first kappa shape index (κ1) is 13.3. The van der Waals surface area contributed by atoms with Crippen molar-refractivity contribution in [3.05, 3.63) is 35.9 Å².